The third kappa shape index (κ3) is 4.75. The van der Waals surface area contributed by atoms with Gasteiger partial charge in [-0.15, -0.1) is 0 Å². The van der Waals surface area contributed by atoms with Gasteiger partial charge in [0.2, 0.25) is 0 Å². The molecule has 1 rings (SSSR count). The van der Waals surface area contributed by atoms with Crippen molar-refractivity contribution in [2.24, 2.45) is 0 Å². The first-order valence-corrected chi connectivity index (χ1v) is 5.28. The molecule has 0 unspecified atom stereocenters. The molecule has 0 heterocycles. The molecule has 0 aliphatic carbocycles. The predicted octanol–water partition coefficient (Wildman–Crippen LogP) is 3.20. The van der Waals surface area contributed by atoms with Crippen molar-refractivity contribution in [1.29, 1.82) is 0 Å². The third-order valence-corrected chi connectivity index (χ3v) is 2.55. The van der Waals surface area contributed by atoms with E-state index in [1.165, 1.54) is 5.56 Å². The zero-order valence-corrected chi connectivity index (χ0v) is 10.1. The van der Waals surface area contributed by atoms with Crippen LogP contribution in [0.5, 0.6) is 0 Å². The fraction of sp³-hybridized carbons (Fsp3) is 0.500. The van der Waals surface area contributed by atoms with Gasteiger partial charge in [-0.1, -0.05) is 12.1 Å². The number of hydroxylamine groups is 1. The number of halogens is 3. The molecule has 0 aliphatic heterocycles. The maximum atomic E-state index is 11.8. The second kappa shape index (κ2) is 5.51. The first-order chi connectivity index (χ1) is 7.79. The van der Waals surface area contributed by atoms with E-state index in [1.54, 1.807) is 0 Å². The first-order valence-electron chi connectivity index (χ1n) is 5.28. The fourth-order valence-electron chi connectivity index (χ4n) is 1.47. The van der Waals surface area contributed by atoms with Crippen molar-refractivity contribution in [3.63, 3.8) is 0 Å². The Kier molecular flexibility index (Phi) is 4.54. The van der Waals surface area contributed by atoms with Crippen molar-refractivity contribution < 1.29 is 18.0 Å². The van der Waals surface area contributed by atoms with Gasteiger partial charge in [-0.25, -0.2) is 0 Å². The van der Waals surface area contributed by atoms with E-state index in [1.807, 2.05) is 32.9 Å². The van der Waals surface area contributed by atoms with Gasteiger partial charge in [-0.05, 0) is 43.0 Å². The van der Waals surface area contributed by atoms with Gasteiger partial charge in [0.05, 0.1) is 0 Å². The molecule has 0 amide bonds. The van der Waals surface area contributed by atoms with Crippen LogP contribution in [-0.2, 0) is 11.4 Å². The number of benzene rings is 1. The Bertz CT molecular complexity index is 388. The second-order valence-corrected chi connectivity index (χ2v) is 4.09. The maximum absolute atomic E-state index is 11.8. The molecule has 0 bridgehead atoms. The summed E-state index contributed by atoms with van der Waals surface area (Å²) in [6.45, 7) is 4.88. The predicted molar refractivity (Wildman–Crippen MR) is 59.5 cm³/mol. The molecule has 1 aromatic carbocycles. The van der Waals surface area contributed by atoms with Crippen LogP contribution in [0.25, 0.3) is 0 Å². The Balaban J connectivity index is 2.50. The maximum Gasteiger partial charge on any atom is 0.413 e. The number of alkyl halides is 3. The van der Waals surface area contributed by atoms with Crippen molar-refractivity contribution >= 4 is 0 Å². The lowest BCUT2D eigenvalue weighted by Gasteiger charge is -2.12. The van der Waals surface area contributed by atoms with Crippen LogP contribution in [0, 0.1) is 20.8 Å². The summed E-state index contributed by atoms with van der Waals surface area (Å²) in [5, 5.41) is 0. The number of rotatable bonds is 4. The summed E-state index contributed by atoms with van der Waals surface area (Å²) in [5.74, 6) is 0. The van der Waals surface area contributed by atoms with Crippen molar-refractivity contribution in [3.8, 4) is 0 Å². The van der Waals surface area contributed by atoms with Crippen LogP contribution in [0.2, 0.25) is 0 Å². The molecule has 0 atom stereocenters. The Labute approximate surface area is 98.7 Å². The first kappa shape index (κ1) is 14.0. The summed E-state index contributed by atoms with van der Waals surface area (Å²) in [6.07, 6.45) is -4.30. The molecule has 1 aromatic rings. The summed E-state index contributed by atoms with van der Waals surface area (Å²) in [7, 11) is 0. The lowest BCUT2D eigenvalue weighted by atomic mass is 10.0. The minimum Gasteiger partial charge on any atom is -0.292 e. The summed E-state index contributed by atoms with van der Waals surface area (Å²) in [4.78, 5) is 4.35. The van der Waals surface area contributed by atoms with E-state index in [2.05, 4.69) is 10.3 Å². The van der Waals surface area contributed by atoms with Crippen LogP contribution in [0.4, 0.5) is 13.2 Å². The molecule has 2 nitrogen and oxygen atoms in total. The van der Waals surface area contributed by atoms with Gasteiger partial charge in [0.15, 0.2) is 6.61 Å². The zero-order chi connectivity index (χ0) is 13.1. The highest BCUT2D eigenvalue weighted by atomic mass is 19.4. The summed E-state index contributed by atoms with van der Waals surface area (Å²) < 4.78 is 35.4. The second-order valence-electron chi connectivity index (χ2n) is 4.09. The molecular weight excluding hydrogens is 231 g/mol. The lowest BCUT2D eigenvalue weighted by Crippen LogP contribution is -2.24. The van der Waals surface area contributed by atoms with Crippen LogP contribution in [-0.4, -0.2) is 12.8 Å². The quantitative estimate of drug-likeness (QED) is 0.651. The number of hydrogen-bond donors (Lipinski definition) is 1. The monoisotopic (exact) mass is 247 g/mol. The molecule has 17 heavy (non-hydrogen) atoms. The molecule has 0 spiro atoms. The van der Waals surface area contributed by atoms with Crippen LogP contribution in [0.3, 0.4) is 0 Å². The molecule has 0 saturated carbocycles. The highest BCUT2D eigenvalue weighted by Crippen LogP contribution is 2.16. The van der Waals surface area contributed by atoms with E-state index >= 15 is 0 Å². The normalized spacial score (nSPS) is 11.9. The molecule has 5 heteroatoms. The average Bonchev–Trinajstić information content (AvgIpc) is 2.18. The van der Waals surface area contributed by atoms with E-state index in [-0.39, 0.29) is 6.54 Å². The van der Waals surface area contributed by atoms with Gasteiger partial charge in [0, 0.05) is 6.54 Å². The topological polar surface area (TPSA) is 21.3 Å². The Morgan fingerprint density at radius 1 is 1.06 bits per heavy atom. The van der Waals surface area contributed by atoms with Crippen LogP contribution in [0.1, 0.15) is 22.3 Å². The number of aryl methyl sites for hydroxylation is 3. The average molecular weight is 247 g/mol. The zero-order valence-electron chi connectivity index (χ0n) is 10.1. The van der Waals surface area contributed by atoms with Gasteiger partial charge in [0.25, 0.3) is 0 Å². The summed E-state index contributed by atoms with van der Waals surface area (Å²) in [6, 6.07) is 3.96. The van der Waals surface area contributed by atoms with E-state index in [0.717, 1.165) is 16.7 Å². The molecule has 1 N–H and O–H groups in total. The van der Waals surface area contributed by atoms with E-state index in [4.69, 9.17) is 0 Å². The molecule has 0 saturated heterocycles. The molecule has 0 aliphatic rings. The van der Waals surface area contributed by atoms with Gasteiger partial charge in [-0.2, -0.15) is 18.7 Å². The van der Waals surface area contributed by atoms with Crippen molar-refractivity contribution in [2.45, 2.75) is 33.5 Å². The molecule has 96 valence electrons. The standard InChI is InChI=1S/C12H16F3NO/c1-8-4-10(3)11(5-9(8)2)6-16-17-7-12(13,14)15/h4-5,16H,6-7H2,1-3H3. The van der Waals surface area contributed by atoms with E-state index in [0.29, 0.717) is 0 Å². The van der Waals surface area contributed by atoms with Crippen LogP contribution in [0.15, 0.2) is 12.1 Å². The largest absolute Gasteiger partial charge is 0.413 e. The Morgan fingerprint density at radius 2 is 1.65 bits per heavy atom. The lowest BCUT2D eigenvalue weighted by molar-refractivity contribution is -0.190. The highest BCUT2D eigenvalue weighted by Gasteiger charge is 2.27. The van der Waals surface area contributed by atoms with Gasteiger partial charge < -0.3 is 0 Å². The Morgan fingerprint density at radius 3 is 2.24 bits per heavy atom. The minimum absolute atomic E-state index is 0.267. The van der Waals surface area contributed by atoms with Crippen LogP contribution >= 0.6 is 0 Å². The Hall–Kier alpha value is -1.07. The SMILES string of the molecule is Cc1cc(C)c(CNOCC(F)(F)F)cc1C. The molecule has 0 radical (unpaired) electrons. The highest BCUT2D eigenvalue weighted by molar-refractivity contribution is 5.36. The van der Waals surface area contributed by atoms with Crippen molar-refractivity contribution in [1.82, 2.24) is 5.48 Å². The van der Waals surface area contributed by atoms with Gasteiger partial charge in [-0.3, -0.25) is 4.84 Å². The molecule has 0 fully saturated rings. The minimum atomic E-state index is -4.30. The van der Waals surface area contributed by atoms with Crippen molar-refractivity contribution in [3.05, 3.63) is 34.4 Å². The van der Waals surface area contributed by atoms with Gasteiger partial charge >= 0.3 is 6.18 Å². The molecule has 0 aromatic heterocycles. The fourth-order valence-corrected chi connectivity index (χ4v) is 1.47. The summed E-state index contributed by atoms with van der Waals surface area (Å²) in [5.41, 5.74) is 6.59. The van der Waals surface area contributed by atoms with Gasteiger partial charge in [0.1, 0.15) is 0 Å². The number of nitrogens with one attached hydrogen (secondary N) is 1. The molecular formula is C12H16F3NO. The van der Waals surface area contributed by atoms with E-state index in [9.17, 15) is 13.2 Å². The van der Waals surface area contributed by atoms with E-state index < -0.39 is 12.8 Å². The summed E-state index contributed by atoms with van der Waals surface area (Å²) >= 11 is 0. The number of hydrogen-bond acceptors (Lipinski definition) is 2. The van der Waals surface area contributed by atoms with Crippen LogP contribution < -0.4 is 5.48 Å². The van der Waals surface area contributed by atoms with Crippen molar-refractivity contribution in [2.75, 3.05) is 6.61 Å². The smallest absolute Gasteiger partial charge is 0.292 e. The third-order valence-electron chi connectivity index (χ3n) is 2.55.